The van der Waals surface area contributed by atoms with Crippen LogP contribution in [0.15, 0.2) is 4.47 Å². The summed E-state index contributed by atoms with van der Waals surface area (Å²) in [5.41, 5.74) is 2.45. The van der Waals surface area contributed by atoms with Crippen molar-refractivity contribution >= 4 is 27.5 Å². The summed E-state index contributed by atoms with van der Waals surface area (Å²) in [6, 6.07) is 0. The van der Waals surface area contributed by atoms with E-state index in [4.69, 9.17) is 11.6 Å². The molecule has 1 rings (SSSR count). The van der Waals surface area contributed by atoms with E-state index in [0.29, 0.717) is 0 Å². The van der Waals surface area contributed by atoms with Crippen molar-refractivity contribution in [2.75, 3.05) is 19.5 Å². The van der Waals surface area contributed by atoms with Gasteiger partial charge in [-0.2, -0.15) is 5.10 Å². The van der Waals surface area contributed by atoms with Crippen LogP contribution >= 0.6 is 27.5 Å². The van der Waals surface area contributed by atoms with Crippen LogP contribution in [0.3, 0.4) is 0 Å². The average molecular weight is 351 g/mol. The van der Waals surface area contributed by atoms with Gasteiger partial charge in [0.1, 0.15) is 0 Å². The zero-order chi connectivity index (χ0) is 14.3. The molecule has 0 saturated carbocycles. The monoisotopic (exact) mass is 349 g/mol. The average Bonchev–Trinajstić information content (AvgIpc) is 2.71. The number of halogens is 2. The second-order valence-electron chi connectivity index (χ2n) is 4.86. The number of unbranched alkanes of at least 4 members (excludes halogenated alkanes) is 2. The summed E-state index contributed by atoms with van der Waals surface area (Å²) >= 11 is 9.39. The first-order valence-corrected chi connectivity index (χ1v) is 8.45. The summed E-state index contributed by atoms with van der Waals surface area (Å²) in [6.45, 7) is 7.27. The molecule has 19 heavy (non-hydrogen) atoms. The highest BCUT2D eigenvalue weighted by atomic mass is 79.9. The van der Waals surface area contributed by atoms with Gasteiger partial charge in [-0.05, 0) is 55.7 Å². The van der Waals surface area contributed by atoms with Crippen molar-refractivity contribution in [1.82, 2.24) is 14.7 Å². The fourth-order valence-corrected chi connectivity index (χ4v) is 3.03. The molecule has 0 aliphatic rings. The largest absolute Gasteiger partial charge is 0.301 e. The molecule has 0 atom stereocenters. The molecule has 0 bridgehead atoms. The van der Waals surface area contributed by atoms with Crippen LogP contribution < -0.4 is 0 Å². The van der Waals surface area contributed by atoms with E-state index in [1.165, 1.54) is 23.0 Å². The molecule has 0 aromatic carbocycles. The van der Waals surface area contributed by atoms with E-state index in [-0.39, 0.29) is 0 Å². The molecule has 0 radical (unpaired) electrons. The number of rotatable bonds is 9. The van der Waals surface area contributed by atoms with Crippen molar-refractivity contribution < 1.29 is 0 Å². The molecule has 0 fully saturated rings. The highest BCUT2D eigenvalue weighted by Crippen LogP contribution is 2.23. The summed E-state index contributed by atoms with van der Waals surface area (Å²) in [5, 5.41) is 4.64. The van der Waals surface area contributed by atoms with E-state index < -0.39 is 0 Å². The predicted molar refractivity (Wildman–Crippen MR) is 85.9 cm³/mol. The second-order valence-corrected chi connectivity index (χ2v) is 6.04. The van der Waals surface area contributed by atoms with Crippen molar-refractivity contribution in [1.29, 1.82) is 0 Å². The van der Waals surface area contributed by atoms with Crippen molar-refractivity contribution in [3.05, 3.63) is 15.9 Å². The third-order valence-electron chi connectivity index (χ3n) is 3.29. The summed E-state index contributed by atoms with van der Waals surface area (Å²) in [5.74, 6) is 0.776. The Bertz CT molecular complexity index is 379. The first-order chi connectivity index (χ1) is 9.13. The van der Waals surface area contributed by atoms with Gasteiger partial charge in [0, 0.05) is 19.0 Å². The molecule has 0 N–H and O–H groups in total. The Morgan fingerprint density at radius 2 is 2.00 bits per heavy atom. The molecule has 1 heterocycles. The third kappa shape index (κ3) is 5.09. The molecule has 1 aromatic heterocycles. The molecule has 0 aliphatic carbocycles. The molecule has 0 unspecified atom stereocenters. The van der Waals surface area contributed by atoms with Gasteiger partial charge in [0.25, 0.3) is 0 Å². The molecular formula is C14H25BrClN3. The SMILES string of the molecule is CCc1nn(CC)c(CN(C)CCCCCCl)c1Br. The Hall–Kier alpha value is -0.0600. The van der Waals surface area contributed by atoms with Gasteiger partial charge in [-0.25, -0.2) is 0 Å². The standard InChI is InChI=1S/C14H25BrClN3/c1-4-12-14(15)13(19(5-2)17-12)11-18(3)10-8-6-7-9-16/h4-11H2,1-3H3. The van der Waals surface area contributed by atoms with Crippen molar-refractivity contribution in [2.45, 2.75) is 52.6 Å². The molecule has 1 aromatic rings. The predicted octanol–water partition coefficient (Wildman–Crippen LogP) is 4.07. The van der Waals surface area contributed by atoms with Gasteiger partial charge in [-0.3, -0.25) is 4.68 Å². The van der Waals surface area contributed by atoms with Gasteiger partial charge in [0.2, 0.25) is 0 Å². The number of hydrogen-bond acceptors (Lipinski definition) is 2. The minimum Gasteiger partial charge on any atom is -0.301 e. The zero-order valence-electron chi connectivity index (χ0n) is 12.3. The third-order valence-corrected chi connectivity index (χ3v) is 4.47. The van der Waals surface area contributed by atoms with Gasteiger partial charge in [0.15, 0.2) is 0 Å². The lowest BCUT2D eigenvalue weighted by atomic mass is 10.2. The second kappa shape index (κ2) is 8.98. The number of hydrogen-bond donors (Lipinski definition) is 0. The van der Waals surface area contributed by atoms with Gasteiger partial charge in [0.05, 0.1) is 15.9 Å². The van der Waals surface area contributed by atoms with E-state index in [9.17, 15) is 0 Å². The van der Waals surface area contributed by atoms with Crippen LogP contribution in [0, 0.1) is 0 Å². The van der Waals surface area contributed by atoms with Crippen LogP contribution in [0.5, 0.6) is 0 Å². The van der Waals surface area contributed by atoms with Crippen molar-refractivity contribution in [3.63, 3.8) is 0 Å². The lowest BCUT2D eigenvalue weighted by Gasteiger charge is -2.17. The molecule has 0 amide bonds. The Labute approximate surface area is 130 Å². The first-order valence-electron chi connectivity index (χ1n) is 7.12. The fraction of sp³-hybridized carbons (Fsp3) is 0.786. The van der Waals surface area contributed by atoms with Crippen LogP contribution in [0.4, 0.5) is 0 Å². The van der Waals surface area contributed by atoms with E-state index in [1.54, 1.807) is 0 Å². The smallest absolute Gasteiger partial charge is 0.0767 e. The number of aryl methyl sites for hydroxylation is 2. The van der Waals surface area contributed by atoms with Crippen LogP contribution in [-0.2, 0) is 19.5 Å². The summed E-state index contributed by atoms with van der Waals surface area (Å²) in [7, 11) is 2.17. The van der Waals surface area contributed by atoms with Crippen LogP contribution in [0.1, 0.15) is 44.5 Å². The quantitative estimate of drug-likeness (QED) is 0.494. The number of alkyl halides is 1. The number of aromatic nitrogens is 2. The highest BCUT2D eigenvalue weighted by Gasteiger charge is 2.15. The molecule has 0 aliphatic heterocycles. The molecule has 0 spiro atoms. The maximum absolute atomic E-state index is 5.69. The van der Waals surface area contributed by atoms with Crippen molar-refractivity contribution in [3.8, 4) is 0 Å². The van der Waals surface area contributed by atoms with Crippen LogP contribution in [0.25, 0.3) is 0 Å². The summed E-state index contributed by atoms with van der Waals surface area (Å²) in [6.07, 6.45) is 4.51. The topological polar surface area (TPSA) is 21.1 Å². The summed E-state index contributed by atoms with van der Waals surface area (Å²) in [4.78, 5) is 2.36. The molecule has 110 valence electrons. The Kier molecular flexibility index (Phi) is 8.03. The molecule has 5 heteroatoms. The van der Waals surface area contributed by atoms with Crippen LogP contribution in [-0.4, -0.2) is 34.2 Å². The van der Waals surface area contributed by atoms with Crippen molar-refractivity contribution in [2.24, 2.45) is 0 Å². The Morgan fingerprint density at radius 3 is 2.58 bits per heavy atom. The highest BCUT2D eigenvalue weighted by molar-refractivity contribution is 9.10. The molecule has 3 nitrogen and oxygen atoms in total. The minimum atomic E-state index is 0.776. The van der Waals surface area contributed by atoms with E-state index in [0.717, 1.165) is 44.0 Å². The van der Waals surface area contributed by atoms with E-state index >= 15 is 0 Å². The number of nitrogens with zero attached hydrogens (tertiary/aromatic N) is 3. The molecule has 0 saturated heterocycles. The minimum absolute atomic E-state index is 0.776. The maximum Gasteiger partial charge on any atom is 0.0767 e. The van der Waals surface area contributed by atoms with Gasteiger partial charge >= 0.3 is 0 Å². The zero-order valence-corrected chi connectivity index (χ0v) is 14.6. The Balaban J connectivity index is 2.57. The molecular weight excluding hydrogens is 326 g/mol. The van der Waals surface area contributed by atoms with Gasteiger partial charge < -0.3 is 4.90 Å². The van der Waals surface area contributed by atoms with Crippen LogP contribution in [0.2, 0.25) is 0 Å². The Morgan fingerprint density at radius 1 is 1.26 bits per heavy atom. The first kappa shape index (κ1) is 17.0. The lowest BCUT2D eigenvalue weighted by Crippen LogP contribution is -2.21. The lowest BCUT2D eigenvalue weighted by molar-refractivity contribution is 0.307. The van der Waals surface area contributed by atoms with Gasteiger partial charge in [-0.15, -0.1) is 11.6 Å². The van der Waals surface area contributed by atoms with E-state index in [2.05, 4.69) is 51.5 Å². The normalized spacial score (nSPS) is 11.5. The summed E-state index contributed by atoms with van der Waals surface area (Å²) < 4.78 is 3.29. The maximum atomic E-state index is 5.69. The fourth-order valence-electron chi connectivity index (χ4n) is 2.16. The van der Waals surface area contributed by atoms with Gasteiger partial charge in [-0.1, -0.05) is 13.3 Å². The van der Waals surface area contributed by atoms with E-state index in [1.807, 2.05) is 0 Å².